The van der Waals surface area contributed by atoms with Crippen LogP contribution in [0.3, 0.4) is 0 Å². The summed E-state index contributed by atoms with van der Waals surface area (Å²) in [5.74, 6) is 0. The Hall–Kier alpha value is -0.950. The van der Waals surface area contributed by atoms with Gasteiger partial charge in [0.25, 0.3) is 10.2 Å². The van der Waals surface area contributed by atoms with Crippen molar-refractivity contribution in [3.63, 3.8) is 0 Å². The van der Waals surface area contributed by atoms with E-state index in [1.165, 1.54) is 9.87 Å². The smallest absolute Gasteiger partial charge is 0.279 e. The molecule has 118 valence electrons. The second kappa shape index (κ2) is 6.44. The first-order valence-corrected chi connectivity index (χ1v) is 8.70. The van der Waals surface area contributed by atoms with Crippen LogP contribution in [0.25, 0.3) is 0 Å². The van der Waals surface area contributed by atoms with Crippen molar-refractivity contribution < 1.29 is 13.5 Å². The molecule has 1 aliphatic heterocycles. The zero-order chi connectivity index (χ0) is 15.5. The summed E-state index contributed by atoms with van der Waals surface area (Å²) in [6.07, 6.45) is 1.31. The van der Waals surface area contributed by atoms with Gasteiger partial charge in [-0.2, -0.15) is 12.7 Å². The van der Waals surface area contributed by atoms with Gasteiger partial charge in [0.15, 0.2) is 0 Å². The van der Waals surface area contributed by atoms with Gasteiger partial charge in [-0.1, -0.05) is 38.1 Å². The highest BCUT2D eigenvalue weighted by atomic mass is 32.2. The van der Waals surface area contributed by atoms with Gasteiger partial charge in [-0.15, -0.1) is 0 Å². The summed E-state index contributed by atoms with van der Waals surface area (Å²) in [4.78, 5) is 0. The highest BCUT2D eigenvalue weighted by Gasteiger charge is 2.28. The molecular weight excluding hydrogens is 288 g/mol. The number of aliphatic hydroxyl groups is 1. The van der Waals surface area contributed by atoms with Gasteiger partial charge in [-0.05, 0) is 29.4 Å². The maximum atomic E-state index is 12.4. The Kier molecular flexibility index (Phi) is 5.03. The molecule has 0 radical (unpaired) electrons. The molecule has 2 rings (SSSR count). The van der Waals surface area contributed by atoms with Crippen LogP contribution < -0.4 is 4.72 Å². The van der Waals surface area contributed by atoms with Crippen LogP contribution in [-0.4, -0.2) is 37.5 Å². The number of aliphatic hydroxyl groups excluding tert-OH is 1. The minimum absolute atomic E-state index is 0.0613. The first-order chi connectivity index (χ1) is 9.84. The van der Waals surface area contributed by atoms with Crippen LogP contribution in [0.5, 0.6) is 0 Å². The van der Waals surface area contributed by atoms with Gasteiger partial charge in [0.1, 0.15) is 0 Å². The van der Waals surface area contributed by atoms with E-state index in [2.05, 4.69) is 10.8 Å². The summed E-state index contributed by atoms with van der Waals surface area (Å²) < 4.78 is 29.0. The van der Waals surface area contributed by atoms with Crippen LogP contribution in [-0.2, 0) is 23.2 Å². The molecule has 0 saturated carbocycles. The minimum Gasteiger partial charge on any atom is -0.396 e. The van der Waals surface area contributed by atoms with E-state index in [0.717, 1.165) is 12.0 Å². The fourth-order valence-corrected chi connectivity index (χ4v) is 3.84. The Morgan fingerprint density at radius 3 is 2.62 bits per heavy atom. The molecule has 1 aromatic rings. The van der Waals surface area contributed by atoms with Crippen molar-refractivity contribution >= 4 is 10.2 Å². The average molecular weight is 312 g/mol. The van der Waals surface area contributed by atoms with E-state index in [4.69, 9.17) is 5.11 Å². The summed E-state index contributed by atoms with van der Waals surface area (Å²) in [5.41, 5.74) is 2.04. The van der Waals surface area contributed by atoms with Gasteiger partial charge in [0, 0.05) is 26.2 Å². The summed E-state index contributed by atoms with van der Waals surface area (Å²) in [5, 5.41) is 9.00. The van der Waals surface area contributed by atoms with E-state index in [0.29, 0.717) is 26.1 Å². The molecule has 0 unspecified atom stereocenters. The molecule has 0 bridgehead atoms. The third-order valence-corrected chi connectivity index (χ3v) is 5.46. The molecule has 0 spiro atoms. The number of benzene rings is 1. The maximum Gasteiger partial charge on any atom is 0.279 e. The Labute approximate surface area is 127 Å². The zero-order valence-electron chi connectivity index (χ0n) is 12.7. The minimum atomic E-state index is -3.48. The van der Waals surface area contributed by atoms with E-state index in [-0.39, 0.29) is 12.0 Å². The van der Waals surface area contributed by atoms with Crippen LogP contribution >= 0.6 is 0 Å². The standard InChI is InChI=1S/C15H24N2O3S/c1-15(2,8-10-18)12-16-21(19,20)17-9-7-13-5-3-4-6-14(13)11-17/h3-6,16,18H,7-12H2,1-2H3. The molecular formula is C15H24N2O3S. The fraction of sp³-hybridized carbons (Fsp3) is 0.600. The molecule has 0 amide bonds. The lowest BCUT2D eigenvalue weighted by Gasteiger charge is -2.30. The molecule has 6 heteroatoms. The SMILES string of the molecule is CC(C)(CCO)CNS(=O)(=O)N1CCc2ccccc2C1. The summed E-state index contributed by atoms with van der Waals surface area (Å²) >= 11 is 0. The van der Waals surface area contributed by atoms with E-state index in [9.17, 15) is 8.42 Å². The molecule has 0 saturated heterocycles. The number of fused-ring (bicyclic) bond motifs is 1. The topological polar surface area (TPSA) is 69.6 Å². The quantitative estimate of drug-likeness (QED) is 0.831. The number of hydrogen-bond donors (Lipinski definition) is 2. The van der Waals surface area contributed by atoms with Gasteiger partial charge >= 0.3 is 0 Å². The first kappa shape index (κ1) is 16.4. The Balaban J connectivity index is 2.01. The molecule has 0 aliphatic carbocycles. The van der Waals surface area contributed by atoms with Crippen LogP contribution in [0.15, 0.2) is 24.3 Å². The third-order valence-electron chi connectivity index (χ3n) is 3.96. The van der Waals surface area contributed by atoms with Crippen molar-refractivity contribution in [1.82, 2.24) is 9.03 Å². The monoisotopic (exact) mass is 312 g/mol. The summed E-state index contributed by atoms with van der Waals surface area (Å²) in [6, 6.07) is 7.95. The molecule has 0 fully saturated rings. The second-order valence-corrected chi connectivity index (χ2v) is 8.07. The molecule has 0 atom stereocenters. The lowest BCUT2D eigenvalue weighted by atomic mass is 9.90. The van der Waals surface area contributed by atoms with Crippen molar-refractivity contribution in [3.05, 3.63) is 35.4 Å². The van der Waals surface area contributed by atoms with Crippen molar-refractivity contribution in [2.24, 2.45) is 5.41 Å². The van der Waals surface area contributed by atoms with Crippen LogP contribution in [0, 0.1) is 5.41 Å². The van der Waals surface area contributed by atoms with Gasteiger partial charge in [-0.25, -0.2) is 4.72 Å². The largest absolute Gasteiger partial charge is 0.396 e. The Morgan fingerprint density at radius 1 is 1.29 bits per heavy atom. The van der Waals surface area contributed by atoms with E-state index in [1.54, 1.807) is 0 Å². The fourth-order valence-electron chi connectivity index (χ4n) is 2.44. The predicted octanol–water partition coefficient (Wildman–Crippen LogP) is 1.29. The predicted molar refractivity (Wildman–Crippen MR) is 83.0 cm³/mol. The van der Waals surface area contributed by atoms with Crippen molar-refractivity contribution in [1.29, 1.82) is 0 Å². The van der Waals surface area contributed by atoms with Crippen LogP contribution in [0.4, 0.5) is 0 Å². The van der Waals surface area contributed by atoms with E-state index in [1.807, 2.05) is 32.0 Å². The third kappa shape index (κ3) is 4.26. The molecule has 2 N–H and O–H groups in total. The van der Waals surface area contributed by atoms with E-state index < -0.39 is 10.2 Å². The molecule has 5 nitrogen and oxygen atoms in total. The van der Waals surface area contributed by atoms with E-state index >= 15 is 0 Å². The molecule has 1 aromatic carbocycles. The van der Waals surface area contributed by atoms with Gasteiger partial charge < -0.3 is 5.11 Å². The Morgan fingerprint density at radius 2 is 1.95 bits per heavy atom. The van der Waals surface area contributed by atoms with Crippen LogP contribution in [0.2, 0.25) is 0 Å². The van der Waals surface area contributed by atoms with Gasteiger partial charge in [0.05, 0.1) is 0 Å². The molecule has 0 aromatic heterocycles. The summed E-state index contributed by atoms with van der Waals surface area (Å²) in [7, 11) is -3.48. The van der Waals surface area contributed by atoms with Crippen LogP contribution in [0.1, 0.15) is 31.4 Å². The normalized spacial score (nSPS) is 16.7. The highest BCUT2D eigenvalue weighted by molar-refractivity contribution is 7.87. The Bertz CT molecular complexity index is 584. The molecule has 1 aliphatic rings. The van der Waals surface area contributed by atoms with Gasteiger partial charge in [0.2, 0.25) is 0 Å². The van der Waals surface area contributed by atoms with Gasteiger partial charge in [-0.3, -0.25) is 0 Å². The number of hydrogen-bond acceptors (Lipinski definition) is 3. The average Bonchev–Trinajstić information content (AvgIpc) is 2.45. The second-order valence-electron chi connectivity index (χ2n) is 6.32. The number of rotatable bonds is 6. The molecule has 1 heterocycles. The number of nitrogens with one attached hydrogen (secondary N) is 1. The van der Waals surface area contributed by atoms with Crippen molar-refractivity contribution in [3.8, 4) is 0 Å². The zero-order valence-corrected chi connectivity index (χ0v) is 13.5. The lowest BCUT2D eigenvalue weighted by Crippen LogP contribution is -2.46. The highest BCUT2D eigenvalue weighted by Crippen LogP contribution is 2.22. The number of nitrogens with zero attached hydrogens (tertiary/aromatic N) is 1. The van der Waals surface area contributed by atoms with Crippen molar-refractivity contribution in [2.75, 3.05) is 19.7 Å². The van der Waals surface area contributed by atoms with Crippen molar-refractivity contribution in [2.45, 2.75) is 33.2 Å². The molecule has 21 heavy (non-hydrogen) atoms. The first-order valence-electron chi connectivity index (χ1n) is 7.26. The summed E-state index contributed by atoms with van der Waals surface area (Å²) in [6.45, 7) is 5.20. The maximum absolute atomic E-state index is 12.4. The lowest BCUT2D eigenvalue weighted by molar-refractivity contribution is 0.212.